The molecule has 0 radical (unpaired) electrons. The number of allylic oxidation sites excluding steroid dienone is 1. The van der Waals surface area contributed by atoms with E-state index in [-0.39, 0.29) is 4.65 Å². The van der Waals surface area contributed by atoms with Crippen molar-refractivity contribution in [3.05, 3.63) is 11.5 Å². The zero-order chi connectivity index (χ0) is 11.5. The molecule has 0 aliphatic carbocycles. The Bertz CT molecular complexity index is 337. The smallest absolute Gasteiger partial charge is 0.190 e. The van der Waals surface area contributed by atoms with Gasteiger partial charge in [-0.3, -0.25) is 0 Å². The van der Waals surface area contributed by atoms with E-state index in [4.69, 9.17) is 4.28 Å². The van der Waals surface area contributed by atoms with Crippen molar-refractivity contribution in [2.45, 2.75) is 27.2 Å². The van der Waals surface area contributed by atoms with Crippen LogP contribution in [0.1, 0.15) is 27.2 Å². The second-order valence-electron chi connectivity index (χ2n) is 4.21. The maximum Gasteiger partial charge on any atom is 0.335 e. The lowest BCUT2D eigenvalue weighted by atomic mass is 10.2. The van der Waals surface area contributed by atoms with Gasteiger partial charge < -0.3 is 0 Å². The van der Waals surface area contributed by atoms with Crippen LogP contribution in [0.2, 0.25) is 0 Å². The molecule has 1 rings (SSSR count). The van der Waals surface area contributed by atoms with Gasteiger partial charge in [-0.15, -0.1) is 0 Å². The molecule has 1 aliphatic heterocycles. The number of likely N-dealkylation sites (tertiary alicyclic amines) is 1. The third kappa shape index (κ3) is 3.29. The van der Waals surface area contributed by atoms with Crippen LogP contribution in [-0.4, -0.2) is 32.7 Å². The normalized spacial score (nSPS) is 32.6. The molecule has 5 heteroatoms. The van der Waals surface area contributed by atoms with E-state index in [2.05, 4.69) is 6.92 Å². The molecule has 1 fully saturated rings. The molecule has 15 heavy (non-hydrogen) atoms. The fourth-order valence-electron chi connectivity index (χ4n) is 2.03. The second-order valence-corrected chi connectivity index (χ2v) is 5.62. The Morgan fingerprint density at radius 1 is 1.53 bits per heavy atom. The van der Waals surface area contributed by atoms with Crippen LogP contribution >= 0.6 is 0 Å². The number of hydrogen-bond acceptors (Lipinski definition) is 3. The van der Waals surface area contributed by atoms with Gasteiger partial charge in [0.05, 0.1) is 5.41 Å². The Kier molecular flexibility index (Phi) is 3.92. The maximum absolute atomic E-state index is 11.5. The first-order chi connectivity index (χ1) is 6.93. The minimum absolute atomic E-state index is 0.244. The molecule has 4 nitrogen and oxygen atoms in total. The first kappa shape index (κ1) is 12.7. The van der Waals surface area contributed by atoms with Crippen LogP contribution in [0.25, 0.3) is 0 Å². The number of hydrogen-bond donors (Lipinski definition) is 0. The minimum atomic E-state index is -3.52. The molecule has 1 saturated heterocycles. The predicted octanol–water partition coefficient (Wildman–Crippen LogP) is 1.66. The Balaban J connectivity index is 2.78. The summed E-state index contributed by atoms with van der Waals surface area (Å²) in [6.45, 7) is 8.02. The van der Waals surface area contributed by atoms with Gasteiger partial charge in [-0.25, -0.2) is 0 Å². The zero-order valence-corrected chi connectivity index (χ0v) is 10.5. The third-order valence-electron chi connectivity index (χ3n) is 2.81. The summed E-state index contributed by atoms with van der Waals surface area (Å²) in [5.41, 5.74) is 0. The predicted molar refractivity (Wildman–Crippen MR) is 59.1 cm³/mol. The second kappa shape index (κ2) is 4.63. The van der Waals surface area contributed by atoms with E-state index in [1.807, 2.05) is 6.92 Å². The van der Waals surface area contributed by atoms with Gasteiger partial charge in [0.1, 0.15) is 19.6 Å². The van der Waals surface area contributed by atoms with Crippen molar-refractivity contribution >= 4 is 10.1 Å². The Morgan fingerprint density at radius 2 is 2.20 bits per heavy atom. The summed E-state index contributed by atoms with van der Waals surface area (Å²) in [6.07, 6.45) is 2.51. The van der Waals surface area contributed by atoms with E-state index in [0.717, 1.165) is 24.9 Å². The zero-order valence-electron chi connectivity index (χ0n) is 9.64. The highest BCUT2D eigenvalue weighted by Gasteiger charge is 2.40. The van der Waals surface area contributed by atoms with Crippen molar-refractivity contribution in [1.82, 2.24) is 0 Å². The standard InChI is InChI=1S/C10H20NO3S/c1-4-8-15(12,13)14-11(5-2)7-6-10(3)9-11/h4,8,10H,5-7,9H2,1-3H3/q+1. The molecule has 0 spiro atoms. The molecule has 0 aromatic rings. The Hall–Kier alpha value is -0.390. The van der Waals surface area contributed by atoms with Gasteiger partial charge in [0.25, 0.3) is 0 Å². The van der Waals surface area contributed by atoms with Crippen LogP contribution in [-0.2, 0) is 14.4 Å². The third-order valence-corrected chi connectivity index (χ3v) is 3.94. The van der Waals surface area contributed by atoms with Crippen LogP contribution in [0.15, 0.2) is 11.5 Å². The molecule has 1 aliphatic rings. The number of rotatable bonds is 4. The quantitative estimate of drug-likeness (QED) is 0.695. The highest BCUT2D eigenvalue weighted by molar-refractivity contribution is 7.89. The Morgan fingerprint density at radius 3 is 2.60 bits per heavy atom. The molecule has 1 heterocycles. The summed E-state index contributed by atoms with van der Waals surface area (Å²) in [5, 5.41) is 1.12. The van der Waals surface area contributed by atoms with Crippen LogP contribution in [0.3, 0.4) is 0 Å². The molecule has 0 aromatic carbocycles. The fourth-order valence-corrected chi connectivity index (χ4v) is 3.09. The summed E-state index contributed by atoms with van der Waals surface area (Å²) in [7, 11) is -3.52. The van der Waals surface area contributed by atoms with Crippen molar-refractivity contribution in [2.24, 2.45) is 5.92 Å². The maximum atomic E-state index is 11.5. The molecule has 2 unspecified atom stereocenters. The van der Waals surface area contributed by atoms with Crippen LogP contribution in [0.5, 0.6) is 0 Å². The lowest BCUT2D eigenvalue weighted by Crippen LogP contribution is -2.46. The van der Waals surface area contributed by atoms with Crippen molar-refractivity contribution in [3.8, 4) is 0 Å². The van der Waals surface area contributed by atoms with E-state index in [9.17, 15) is 8.42 Å². The van der Waals surface area contributed by atoms with Crippen molar-refractivity contribution in [2.75, 3.05) is 19.6 Å². The molecule has 0 bridgehead atoms. The molecule has 0 aromatic heterocycles. The lowest BCUT2D eigenvalue weighted by Gasteiger charge is -2.27. The largest absolute Gasteiger partial charge is 0.335 e. The summed E-state index contributed by atoms with van der Waals surface area (Å²) in [5.74, 6) is 0.533. The first-order valence-corrected chi connectivity index (χ1v) is 6.85. The summed E-state index contributed by atoms with van der Waals surface area (Å²) in [4.78, 5) is 0. The van der Waals surface area contributed by atoms with Gasteiger partial charge in [-0.05, 0) is 13.8 Å². The number of quaternary nitrogens is 1. The van der Waals surface area contributed by atoms with Crippen LogP contribution in [0, 0.1) is 5.92 Å². The van der Waals surface area contributed by atoms with E-state index < -0.39 is 10.1 Å². The van der Waals surface area contributed by atoms with Gasteiger partial charge in [-0.1, -0.05) is 17.3 Å². The topological polar surface area (TPSA) is 43.4 Å². The average molecular weight is 234 g/mol. The molecule has 0 amide bonds. The van der Waals surface area contributed by atoms with E-state index in [0.29, 0.717) is 12.5 Å². The number of nitrogens with zero attached hydrogens (tertiary/aromatic N) is 1. The highest BCUT2D eigenvalue weighted by atomic mass is 32.2. The van der Waals surface area contributed by atoms with Crippen LogP contribution < -0.4 is 0 Å². The number of hydroxylamine groups is 3. The van der Waals surface area contributed by atoms with Gasteiger partial charge >= 0.3 is 10.1 Å². The molecule has 0 N–H and O–H groups in total. The SMILES string of the molecule is CC=CS(=O)(=O)O[N+]1(CC)CCC(C)C1. The molecule has 2 atom stereocenters. The van der Waals surface area contributed by atoms with Gasteiger partial charge in [0.2, 0.25) is 0 Å². The molecular formula is C10H20NO3S+. The lowest BCUT2D eigenvalue weighted by molar-refractivity contribution is -1.07. The van der Waals surface area contributed by atoms with Crippen molar-refractivity contribution in [1.29, 1.82) is 0 Å². The van der Waals surface area contributed by atoms with E-state index in [1.54, 1.807) is 6.92 Å². The van der Waals surface area contributed by atoms with Gasteiger partial charge in [-0.2, -0.15) is 13.1 Å². The fraction of sp³-hybridized carbons (Fsp3) is 0.800. The summed E-state index contributed by atoms with van der Waals surface area (Å²) < 4.78 is 28.6. The Labute approximate surface area is 92.2 Å². The van der Waals surface area contributed by atoms with E-state index >= 15 is 0 Å². The first-order valence-electron chi connectivity index (χ1n) is 5.38. The summed E-state index contributed by atoms with van der Waals surface area (Å²) >= 11 is 0. The minimum Gasteiger partial charge on any atom is -0.190 e. The highest BCUT2D eigenvalue weighted by Crippen LogP contribution is 2.26. The molecule has 88 valence electrons. The van der Waals surface area contributed by atoms with Gasteiger partial charge in [0, 0.05) is 12.3 Å². The van der Waals surface area contributed by atoms with Gasteiger partial charge in [0.15, 0.2) is 0 Å². The monoisotopic (exact) mass is 234 g/mol. The molecular weight excluding hydrogens is 214 g/mol. The van der Waals surface area contributed by atoms with Crippen LogP contribution in [0.4, 0.5) is 0 Å². The van der Waals surface area contributed by atoms with E-state index in [1.165, 1.54) is 6.08 Å². The van der Waals surface area contributed by atoms with Crippen molar-refractivity contribution in [3.63, 3.8) is 0 Å². The van der Waals surface area contributed by atoms with Crippen molar-refractivity contribution < 1.29 is 17.3 Å². The average Bonchev–Trinajstić information content (AvgIpc) is 2.47. The summed E-state index contributed by atoms with van der Waals surface area (Å²) in [6, 6.07) is 0. The molecule has 0 saturated carbocycles.